The zero-order chi connectivity index (χ0) is 13.0. The zero-order valence-corrected chi connectivity index (χ0v) is 12.1. The molecule has 0 spiro atoms. The van der Waals surface area contributed by atoms with Gasteiger partial charge >= 0.3 is 0 Å². The van der Waals surface area contributed by atoms with Crippen molar-refractivity contribution in [3.8, 4) is 0 Å². The van der Waals surface area contributed by atoms with E-state index in [4.69, 9.17) is 0 Å². The minimum absolute atomic E-state index is 0.137. The topological polar surface area (TPSA) is 17.1 Å². The van der Waals surface area contributed by atoms with E-state index in [1.807, 2.05) is 18.7 Å². The Morgan fingerprint density at radius 2 is 1.89 bits per heavy atom. The highest BCUT2D eigenvalue weighted by molar-refractivity contribution is 8.00. The number of benzene rings is 1. The monoisotopic (exact) mass is 262 g/mol. The van der Waals surface area contributed by atoms with Gasteiger partial charge in [-0.05, 0) is 43.9 Å². The second-order valence-corrected chi connectivity index (χ2v) is 6.76. The van der Waals surface area contributed by atoms with Gasteiger partial charge in [0.15, 0.2) is 0 Å². The van der Waals surface area contributed by atoms with E-state index in [0.29, 0.717) is 0 Å². The van der Waals surface area contributed by atoms with Gasteiger partial charge in [-0.3, -0.25) is 4.79 Å². The third-order valence-electron chi connectivity index (χ3n) is 3.76. The first kappa shape index (κ1) is 13.7. The summed E-state index contributed by atoms with van der Waals surface area (Å²) >= 11 is 2.02. The van der Waals surface area contributed by atoms with Crippen LogP contribution in [0.3, 0.4) is 0 Å². The van der Waals surface area contributed by atoms with Gasteiger partial charge < -0.3 is 0 Å². The number of thioether (sulfide) groups is 1. The fourth-order valence-electron chi connectivity index (χ4n) is 2.40. The Bertz CT molecular complexity index is 390. The van der Waals surface area contributed by atoms with Gasteiger partial charge in [-0.25, -0.2) is 0 Å². The van der Waals surface area contributed by atoms with Crippen LogP contribution < -0.4 is 0 Å². The number of rotatable bonds is 5. The lowest BCUT2D eigenvalue weighted by molar-refractivity contribution is -0.120. The molecule has 0 amide bonds. The number of hydrogen-bond acceptors (Lipinski definition) is 2. The fraction of sp³-hybridized carbons (Fsp3) is 0.562. The first-order valence-electron chi connectivity index (χ1n) is 6.91. The molecule has 1 fully saturated rings. The first-order valence-corrected chi connectivity index (χ1v) is 7.79. The summed E-state index contributed by atoms with van der Waals surface area (Å²) in [6, 6.07) is 8.78. The number of carbonyl (C=O) groups excluding carboxylic acids is 1. The van der Waals surface area contributed by atoms with E-state index in [1.165, 1.54) is 36.1 Å². The Balaban J connectivity index is 1.90. The molecule has 1 aliphatic carbocycles. The van der Waals surface area contributed by atoms with E-state index < -0.39 is 0 Å². The summed E-state index contributed by atoms with van der Waals surface area (Å²) in [6.07, 6.45) is 6.39. The minimum atomic E-state index is 0.137. The van der Waals surface area contributed by atoms with Crippen LogP contribution in [0.25, 0.3) is 0 Å². The molecular weight excluding hydrogens is 240 g/mol. The number of carbonyl (C=O) groups is 1. The lowest BCUT2D eigenvalue weighted by Gasteiger charge is -2.10. The Morgan fingerprint density at radius 3 is 2.44 bits per heavy atom. The molecule has 0 N–H and O–H groups in total. The Hall–Kier alpha value is -0.760. The molecule has 1 aromatic rings. The molecule has 1 aromatic carbocycles. The van der Waals surface area contributed by atoms with Crippen molar-refractivity contribution in [2.45, 2.75) is 56.1 Å². The van der Waals surface area contributed by atoms with Gasteiger partial charge in [0, 0.05) is 16.1 Å². The highest BCUT2D eigenvalue weighted by Gasteiger charge is 2.16. The van der Waals surface area contributed by atoms with Gasteiger partial charge in [-0.2, -0.15) is 0 Å². The smallest absolute Gasteiger partial charge is 0.132 e. The largest absolute Gasteiger partial charge is 0.300 e. The van der Waals surface area contributed by atoms with Gasteiger partial charge in [-0.1, -0.05) is 31.9 Å². The van der Waals surface area contributed by atoms with Gasteiger partial charge in [-0.15, -0.1) is 11.8 Å². The van der Waals surface area contributed by atoms with Crippen molar-refractivity contribution >= 4 is 17.5 Å². The standard InChI is InChI=1S/C16H22OS/c1-12(13(2)17)11-14-7-9-16(10-8-14)18-15-5-3-4-6-15/h7-10,12,15H,3-6,11H2,1-2H3. The maximum absolute atomic E-state index is 11.2. The molecule has 1 nitrogen and oxygen atoms in total. The van der Waals surface area contributed by atoms with Crippen molar-refractivity contribution in [3.63, 3.8) is 0 Å². The molecule has 1 unspecified atom stereocenters. The fourth-order valence-corrected chi connectivity index (χ4v) is 3.65. The first-order chi connectivity index (χ1) is 8.65. The molecule has 98 valence electrons. The zero-order valence-electron chi connectivity index (χ0n) is 11.3. The molecule has 1 saturated carbocycles. The predicted octanol–water partition coefficient (Wildman–Crippen LogP) is 4.49. The highest BCUT2D eigenvalue weighted by atomic mass is 32.2. The third-order valence-corrected chi connectivity index (χ3v) is 5.11. The second-order valence-electron chi connectivity index (χ2n) is 5.38. The molecular formula is C16H22OS. The number of ketones is 1. The summed E-state index contributed by atoms with van der Waals surface area (Å²) in [5.74, 6) is 0.415. The quantitative estimate of drug-likeness (QED) is 0.777. The van der Waals surface area contributed by atoms with Crippen LogP contribution in [0.4, 0.5) is 0 Å². The van der Waals surface area contributed by atoms with Crippen LogP contribution in [0.2, 0.25) is 0 Å². The molecule has 2 heteroatoms. The van der Waals surface area contributed by atoms with Crippen molar-refractivity contribution in [3.05, 3.63) is 29.8 Å². The molecule has 0 aromatic heterocycles. The van der Waals surface area contributed by atoms with E-state index in [2.05, 4.69) is 24.3 Å². The maximum atomic E-state index is 11.2. The van der Waals surface area contributed by atoms with Crippen molar-refractivity contribution in [1.82, 2.24) is 0 Å². The van der Waals surface area contributed by atoms with Crippen LogP contribution in [0.15, 0.2) is 29.2 Å². The van der Waals surface area contributed by atoms with E-state index in [0.717, 1.165) is 11.7 Å². The van der Waals surface area contributed by atoms with Crippen LogP contribution in [-0.4, -0.2) is 11.0 Å². The molecule has 0 bridgehead atoms. The summed E-state index contributed by atoms with van der Waals surface area (Å²) in [6.45, 7) is 3.68. The van der Waals surface area contributed by atoms with Gasteiger partial charge in [0.1, 0.15) is 5.78 Å². The maximum Gasteiger partial charge on any atom is 0.132 e. The van der Waals surface area contributed by atoms with Crippen molar-refractivity contribution in [2.75, 3.05) is 0 Å². The predicted molar refractivity (Wildman–Crippen MR) is 78.1 cm³/mol. The highest BCUT2D eigenvalue weighted by Crippen LogP contribution is 2.34. The molecule has 0 radical (unpaired) electrons. The molecule has 0 saturated heterocycles. The summed E-state index contributed by atoms with van der Waals surface area (Å²) in [4.78, 5) is 12.6. The van der Waals surface area contributed by atoms with Gasteiger partial charge in [0.2, 0.25) is 0 Å². The van der Waals surface area contributed by atoms with Crippen LogP contribution in [0.5, 0.6) is 0 Å². The van der Waals surface area contributed by atoms with E-state index >= 15 is 0 Å². The van der Waals surface area contributed by atoms with Crippen molar-refractivity contribution in [1.29, 1.82) is 0 Å². The van der Waals surface area contributed by atoms with Crippen LogP contribution in [-0.2, 0) is 11.2 Å². The van der Waals surface area contributed by atoms with Crippen LogP contribution in [0.1, 0.15) is 45.1 Å². The van der Waals surface area contributed by atoms with E-state index in [1.54, 1.807) is 6.92 Å². The van der Waals surface area contributed by atoms with Crippen LogP contribution in [0, 0.1) is 5.92 Å². The Labute approximate surface area is 114 Å². The third kappa shape index (κ3) is 3.88. The SMILES string of the molecule is CC(=O)C(C)Cc1ccc(SC2CCCC2)cc1. The minimum Gasteiger partial charge on any atom is -0.300 e. The molecule has 1 atom stereocenters. The lowest BCUT2D eigenvalue weighted by Crippen LogP contribution is -2.09. The lowest BCUT2D eigenvalue weighted by atomic mass is 9.98. The summed E-state index contributed by atoms with van der Waals surface area (Å²) in [5.41, 5.74) is 1.27. The molecule has 0 heterocycles. The average molecular weight is 262 g/mol. The average Bonchev–Trinajstić information content (AvgIpc) is 2.84. The number of Topliss-reactive ketones (excluding diaryl/α,β-unsaturated/α-hetero) is 1. The second kappa shape index (κ2) is 6.42. The summed E-state index contributed by atoms with van der Waals surface area (Å²) in [5, 5.41) is 0.826. The summed E-state index contributed by atoms with van der Waals surface area (Å²) < 4.78 is 0. The molecule has 2 rings (SSSR count). The molecule has 1 aliphatic rings. The van der Waals surface area contributed by atoms with Crippen molar-refractivity contribution < 1.29 is 4.79 Å². The van der Waals surface area contributed by atoms with Crippen LogP contribution >= 0.6 is 11.8 Å². The Morgan fingerprint density at radius 1 is 1.28 bits per heavy atom. The van der Waals surface area contributed by atoms with Crippen molar-refractivity contribution in [2.24, 2.45) is 5.92 Å². The van der Waals surface area contributed by atoms with E-state index in [9.17, 15) is 4.79 Å². The van der Waals surface area contributed by atoms with E-state index in [-0.39, 0.29) is 11.7 Å². The summed E-state index contributed by atoms with van der Waals surface area (Å²) in [7, 11) is 0. The Kier molecular flexibility index (Phi) is 4.87. The number of hydrogen-bond donors (Lipinski definition) is 0. The van der Waals surface area contributed by atoms with Gasteiger partial charge in [0.05, 0.1) is 0 Å². The van der Waals surface area contributed by atoms with Gasteiger partial charge in [0.25, 0.3) is 0 Å². The normalized spacial score (nSPS) is 17.9. The molecule has 18 heavy (non-hydrogen) atoms. The molecule has 0 aliphatic heterocycles.